The molecule has 0 heterocycles. The van der Waals surface area contributed by atoms with Crippen molar-refractivity contribution in [1.29, 1.82) is 0 Å². The van der Waals surface area contributed by atoms with Gasteiger partial charge in [0.05, 0.1) is 21.1 Å². The Morgan fingerprint density at radius 2 is 1.09 bits per heavy atom. The van der Waals surface area contributed by atoms with E-state index in [1.165, 1.54) is 57.8 Å². The monoisotopic (exact) mass is 474 g/mol. The summed E-state index contributed by atoms with van der Waals surface area (Å²) >= 11 is 0. The molecule has 0 bridgehead atoms. The Kier molecular flexibility index (Phi) is 17.7. The number of nitrogens with zero attached hydrogens (tertiary/aromatic N) is 1. The highest BCUT2D eigenvalue weighted by molar-refractivity contribution is 7.53. The molecule has 0 radical (unpaired) electrons. The van der Waals surface area contributed by atoms with Gasteiger partial charge in [-0.1, -0.05) is 76.2 Å². The number of hydrogen-bond donors (Lipinski definition) is 3. The molecule has 5 nitrogen and oxygen atoms in total. The lowest BCUT2D eigenvalue weighted by atomic mass is 10.1. The smallest absolute Gasteiger partial charge is 0.362 e. The molecule has 0 aliphatic rings. The van der Waals surface area contributed by atoms with Crippen molar-refractivity contribution >= 4 is 7.60 Å². The lowest BCUT2D eigenvalue weighted by Gasteiger charge is -2.35. The molecule has 0 amide bonds. The Labute approximate surface area is 198 Å². The fourth-order valence-corrected chi connectivity index (χ4v) is 5.03. The molecule has 0 rings (SSSR count). The molecule has 190 valence electrons. The number of allylic oxidation sites excluding steroid dienone is 4. The third-order valence-corrected chi connectivity index (χ3v) is 7.22. The van der Waals surface area contributed by atoms with Crippen LogP contribution in [0.15, 0.2) is 24.3 Å². The van der Waals surface area contributed by atoms with Crippen LogP contribution in [0.5, 0.6) is 0 Å². The maximum absolute atomic E-state index is 11.8. The zero-order valence-electron chi connectivity index (χ0n) is 21.5. The van der Waals surface area contributed by atoms with Gasteiger partial charge in [-0.15, -0.1) is 0 Å². The van der Waals surface area contributed by atoms with Crippen molar-refractivity contribution in [2.45, 2.75) is 115 Å². The van der Waals surface area contributed by atoms with Crippen LogP contribution in [0.1, 0.15) is 110 Å². The summed E-state index contributed by atoms with van der Waals surface area (Å²) in [7, 11) is 0.958. The summed E-state index contributed by atoms with van der Waals surface area (Å²) in [4.78, 5) is 19.2. The van der Waals surface area contributed by atoms with Crippen molar-refractivity contribution in [2.24, 2.45) is 0 Å². The van der Waals surface area contributed by atoms with Gasteiger partial charge in [-0.25, -0.2) is 0 Å². The second-order valence-electron chi connectivity index (χ2n) is 10.4. The first-order valence-electron chi connectivity index (χ1n) is 12.9. The van der Waals surface area contributed by atoms with Gasteiger partial charge in [0.2, 0.25) is 5.34 Å². The highest BCUT2D eigenvalue weighted by Gasteiger charge is 2.48. The maximum Gasteiger partial charge on any atom is 0.362 e. The number of aliphatic hydroxyl groups is 1. The zero-order chi connectivity index (χ0) is 24.3. The molecule has 0 spiro atoms. The molecule has 0 aromatic rings. The summed E-state index contributed by atoms with van der Waals surface area (Å²) in [6.45, 7) is 2.30. The van der Waals surface area contributed by atoms with E-state index in [0.29, 0.717) is 10.9 Å². The summed E-state index contributed by atoms with van der Waals surface area (Å²) in [5.41, 5.74) is 0. The minimum Gasteiger partial charge on any atom is -0.373 e. The molecule has 0 saturated heterocycles. The van der Waals surface area contributed by atoms with Gasteiger partial charge < -0.3 is 19.4 Å². The molecule has 1 unspecified atom stereocenters. The van der Waals surface area contributed by atoms with Gasteiger partial charge in [0.1, 0.15) is 6.54 Å². The normalized spacial score (nSPS) is 15.1. The molecular weight excluding hydrogens is 421 g/mol. The van der Waals surface area contributed by atoms with Gasteiger partial charge in [-0.05, 0) is 57.8 Å². The van der Waals surface area contributed by atoms with Gasteiger partial charge >= 0.3 is 7.60 Å². The SMILES string of the molecule is CCCCCC/C=C\CCC/C=C\CCCCCCCCC(O)(C[N+](C)(C)C)P(=O)(O)O. The third kappa shape index (κ3) is 18.0. The maximum atomic E-state index is 11.8. The highest BCUT2D eigenvalue weighted by Crippen LogP contribution is 2.52. The average Bonchev–Trinajstić information content (AvgIpc) is 2.67. The number of unbranched alkanes of at least 4 members (excludes halogenated alkanes) is 12. The van der Waals surface area contributed by atoms with E-state index in [0.717, 1.165) is 32.1 Å². The summed E-state index contributed by atoms with van der Waals surface area (Å²) in [6, 6.07) is 0. The second kappa shape index (κ2) is 18.0. The van der Waals surface area contributed by atoms with E-state index in [1.807, 2.05) is 21.1 Å². The Balaban J connectivity index is 3.67. The molecule has 6 heteroatoms. The van der Waals surface area contributed by atoms with Gasteiger partial charge in [0.15, 0.2) is 0 Å². The van der Waals surface area contributed by atoms with Crippen LogP contribution >= 0.6 is 7.60 Å². The Morgan fingerprint density at radius 3 is 1.53 bits per heavy atom. The molecule has 0 aliphatic heterocycles. The Hall–Kier alpha value is -0.450. The van der Waals surface area contributed by atoms with Crippen molar-refractivity contribution in [2.75, 3.05) is 27.7 Å². The van der Waals surface area contributed by atoms with Gasteiger partial charge in [-0.2, -0.15) is 0 Å². The van der Waals surface area contributed by atoms with Crippen molar-refractivity contribution in [3.05, 3.63) is 24.3 Å². The third-order valence-electron chi connectivity index (χ3n) is 5.77. The number of likely N-dealkylation sites (N-methyl/N-ethyl adjacent to an activating group) is 1. The molecule has 32 heavy (non-hydrogen) atoms. The van der Waals surface area contributed by atoms with Crippen LogP contribution in [0, 0.1) is 0 Å². The van der Waals surface area contributed by atoms with Crippen LogP contribution in [-0.4, -0.2) is 52.4 Å². The molecule has 0 aliphatic carbocycles. The zero-order valence-corrected chi connectivity index (χ0v) is 22.4. The fraction of sp³-hybridized carbons (Fsp3) is 0.846. The van der Waals surface area contributed by atoms with Gasteiger partial charge in [-0.3, -0.25) is 4.57 Å². The summed E-state index contributed by atoms with van der Waals surface area (Å²) in [6.07, 6.45) is 26.9. The molecule has 0 aromatic carbocycles. The Bertz CT molecular complexity index is 551. The lowest BCUT2D eigenvalue weighted by Crippen LogP contribution is -2.49. The van der Waals surface area contributed by atoms with E-state index in [1.54, 1.807) is 0 Å². The average molecular weight is 475 g/mol. The number of rotatable bonds is 21. The van der Waals surface area contributed by atoms with E-state index in [2.05, 4.69) is 31.2 Å². The van der Waals surface area contributed by atoms with Crippen molar-refractivity contribution in [3.63, 3.8) is 0 Å². The first-order valence-corrected chi connectivity index (χ1v) is 14.5. The predicted octanol–water partition coefficient (Wildman–Crippen LogP) is 6.93. The van der Waals surface area contributed by atoms with Crippen LogP contribution < -0.4 is 0 Å². The molecular formula is C26H53NO4P+. The second-order valence-corrected chi connectivity index (χ2v) is 12.3. The van der Waals surface area contributed by atoms with E-state index in [4.69, 9.17) is 0 Å². The summed E-state index contributed by atoms with van der Waals surface area (Å²) in [5, 5.41) is 8.62. The topological polar surface area (TPSA) is 77.8 Å². The number of hydrogen-bond acceptors (Lipinski definition) is 2. The van der Waals surface area contributed by atoms with Crippen molar-refractivity contribution in [3.8, 4) is 0 Å². The van der Waals surface area contributed by atoms with E-state index < -0.39 is 12.9 Å². The summed E-state index contributed by atoms with van der Waals surface area (Å²) in [5.74, 6) is 0. The van der Waals surface area contributed by atoms with E-state index in [9.17, 15) is 19.5 Å². The minimum absolute atomic E-state index is 0.0545. The van der Waals surface area contributed by atoms with Gasteiger partial charge in [0, 0.05) is 0 Å². The highest BCUT2D eigenvalue weighted by atomic mass is 31.2. The Morgan fingerprint density at radius 1 is 0.688 bits per heavy atom. The predicted molar refractivity (Wildman–Crippen MR) is 138 cm³/mol. The van der Waals surface area contributed by atoms with E-state index >= 15 is 0 Å². The molecule has 1 atom stereocenters. The van der Waals surface area contributed by atoms with Crippen LogP contribution in [0.2, 0.25) is 0 Å². The molecule has 0 aromatic heterocycles. The first kappa shape index (κ1) is 31.6. The van der Waals surface area contributed by atoms with Crippen molar-refractivity contribution in [1.82, 2.24) is 0 Å². The summed E-state index contributed by atoms with van der Waals surface area (Å²) < 4.78 is 12.1. The van der Waals surface area contributed by atoms with Crippen LogP contribution in [0.3, 0.4) is 0 Å². The van der Waals surface area contributed by atoms with Crippen molar-refractivity contribution < 1.29 is 23.9 Å². The largest absolute Gasteiger partial charge is 0.373 e. The fourth-order valence-electron chi connectivity index (χ4n) is 3.97. The lowest BCUT2D eigenvalue weighted by molar-refractivity contribution is -0.875. The number of quaternary nitrogens is 1. The van der Waals surface area contributed by atoms with Crippen LogP contribution in [0.4, 0.5) is 0 Å². The minimum atomic E-state index is -4.55. The van der Waals surface area contributed by atoms with Crippen LogP contribution in [0.25, 0.3) is 0 Å². The van der Waals surface area contributed by atoms with Crippen LogP contribution in [-0.2, 0) is 4.57 Å². The molecule has 3 N–H and O–H groups in total. The first-order chi connectivity index (χ1) is 15.0. The van der Waals surface area contributed by atoms with Gasteiger partial charge in [0.25, 0.3) is 0 Å². The quantitative estimate of drug-likeness (QED) is 0.0729. The standard InChI is InChI=1S/C26H52NO4P/c1-5-6-7-8-9-10-11-12-13-14-15-16-17-18-19-20-21-22-23-24-26(28,32(29,30)31)25-27(2,3)4/h10-11,15-16,28H,5-9,12-14,17-25H2,1-4H3,(H-,29,30,31)/p+1/b11-10-,16-15-. The molecule has 0 fully saturated rings. The van der Waals surface area contributed by atoms with E-state index in [-0.39, 0.29) is 13.0 Å². The molecule has 0 saturated carbocycles.